The van der Waals surface area contributed by atoms with E-state index in [9.17, 15) is 9.59 Å². The van der Waals surface area contributed by atoms with Crippen molar-refractivity contribution >= 4 is 35.0 Å². The third-order valence-electron chi connectivity index (χ3n) is 3.35. The number of hydrogen-bond acceptors (Lipinski definition) is 2. The molecular weight excluding hydrogens is 347 g/mol. The van der Waals surface area contributed by atoms with Gasteiger partial charge in [0.05, 0.1) is 0 Å². The summed E-state index contributed by atoms with van der Waals surface area (Å²) in [7, 11) is 0. The summed E-state index contributed by atoms with van der Waals surface area (Å²) in [6, 6.07) is 14.0. The van der Waals surface area contributed by atoms with E-state index in [4.69, 9.17) is 23.2 Å². The summed E-state index contributed by atoms with van der Waals surface area (Å²) in [5.74, 6) is -0.235. The number of nitrogens with one attached hydrogen (secondary N) is 2. The average molecular weight is 365 g/mol. The van der Waals surface area contributed by atoms with Crippen LogP contribution in [-0.2, 0) is 11.3 Å². The zero-order valence-electron chi connectivity index (χ0n) is 13.0. The van der Waals surface area contributed by atoms with E-state index in [0.29, 0.717) is 41.5 Å². The van der Waals surface area contributed by atoms with Crippen LogP contribution in [0.3, 0.4) is 0 Å². The third-order valence-corrected chi connectivity index (χ3v) is 3.84. The van der Waals surface area contributed by atoms with Crippen molar-refractivity contribution < 1.29 is 9.59 Å². The van der Waals surface area contributed by atoms with Crippen molar-refractivity contribution in [2.45, 2.75) is 19.4 Å². The fourth-order valence-electron chi connectivity index (χ4n) is 2.09. The first-order valence-electron chi connectivity index (χ1n) is 7.59. The number of carbonyl (C=O) groups excluding carboxylic acids is 2. The largest absolute Gasteiger partial charge is 0.352 e. The second-order valence-electron chi connectivity index (χ2n) is 5.27. The van der Waals surface area contributed by atoms with Gasteiger partial charge in [-0.05, 0) is 48.4 Å². The molecular formula is C18H18Cl2N2O2. The number of carbonyl (C=O) groups is 2. The molecule has 2 amide bonds. The lowest BCUT2D eigenvalue weighted by Gasteiger charge is -2.07. The van der Waals surface area contributed by atoms with Gasteiger partial charge < -0.3 is 10.6 Å². The van der Waals surface area contributed by atoms with Gasteiger partial charge in [0.1, 0.15) is 0 Å². The molecule has 0 unspecified atom stereocenters. The highest BCUT2D eigenvalue weighted by Crippen LogP contribution is 2.10. The molecule has 0 spiro atoms. The molecule has 0 aliphatic heterocycles. The monoisotopic (exact) mass is 364 g/mol. The smallest absolute Gasteiger partial charge is 0.251 e. The Kier molecular flexibility index (Phi) is 7.09. The normalized spacial score (nSPS) is 10.2. The van der Waals surface area contributed by atoms with Crippen LogP contribution in [-0.4, -0.2) is 18.4 Å². The van der Waals surface area contributed by atoms with Gasteiger partial charge in [0.2, 0.25) is 5.91 Å². The van der Waals surface area contributed by atoms with Gasteiger partial charge >= 0.3 is 0 Å². The Bertz CT molecular complexity index is 702. The zero-order valence-corrected chi connectivity index (χ0v) is 14.5. The molecule has 2 N–H and O–H groups in total. The van der Waals surface area contributed by atoms with Crippen LogP contribution in [0.15, 0.2) is 48.5 Å². The molecule has 126 valence electrons. The van der Waals surface area contributed by atoms with Crippen molar-refractivity contribution in [1.82, 2.24) is 10.6 Å². The molecule has 0 atom stereocenters. The van der Waals surface area contributed by atoms with E-state index in [-0.39, 0.29) is 11.8 Å². The molecule has 4 nitrogen and oxygen atoms in total. The SMILES string of the molecule is O=C(CCCNC(=O)c1ccc(Cl)cc1)NCc1cccc(Cl)c1. The second-order valence-corrected chi connectivity index (χ2v) is 6.15. The van der Waals surface area contributed by atoms with Crippen molar-refractivity contribution in [1.29, 1.82) is 0 Å². The summed E-state index contributed by atoms with van der Waals surface area (Å²) in [5.41, 5.74) is 1.50. The van der Waals surface area contributed by atoms with Gasteiger partial charge in [0.15, 0.2) is 0 Å². The summed E-state index contributed by atoms with van der Waals surface area (Å²) in [6.07, 6.45) is 0.919. The highest BCUT2D eigenvalue weighted by atomic mass is 35.5. The molecule has 0 aromatic heterocycles. The highest BCUT2D eigenvalue weighted by Gasteiger charge is 2.06. The Morgan fingerprint density at radius 2 is 1.67 bits per heavy atom. The van der Waals surface area contributed by atoms with Crippen LogP contribution in [0, 0.1) is 0 Å². The van der Waals surface area contributed by atoms with Gasteiger partial charge in [0, 0.05) is 35.1 Å². The molecule has 0 aliphatic carbocycles. The summed E-state index contributed by atoms with van der Waals surface area (Å²) >= 11 is 11.7. The van der Waals surface area contributed by atoms with Crippen LogP contribution >= 0.6 is 23.2 Å². The predicted molar refractivity (Wildman–Crippen MR) is 96.3 cm³/mol. The molecule has 2 aromatic rings. The number of amides is 2. The van der Waals surface area contributed by atoms with Crippen LogP contribution in [0.1, 0.15) is 28.8 Å². The quantitative estimate of drug-likeness (QED) is 0.733. The Balaban J connectivity index is 1.64. The van der Waals surface area contributed by atoms with E-state index in [0.717, 1.165) is 5.56 Å². The lowest BCUT2D eigenvalue weighted by atomic mass is 10.2. The summed E-state index contributed by atoms with van der Waals surface area (Å²) < 4.78 is 0. The topological polar surface area (TPSA) is 58.2 Å². The van der Waals surface area contributed by atoms with E-state index in [1.54, 1.807) is 30.3 Å². The Labute approximate surface area is 151 Å². The Hall–Kier alpha value is -2.04. The minimum atomic E-state index is -0.175. The van der Waals surface area contributed by atoms with Gasteiger partial charge in [0.25, 0.3) is 5.91 Å². The fourth-order valence-corrected chi connectivity index (χ4v) is 2.43. The second kappa shape index (κ2) is 9.30. The van der Waals surface area contributed by atoms with E-state index in [2.05, 4.69) is 10.6 Å². The van der Waals surface area contributed by atoms with Gasteiger partial charge in [-0.2, -0.15) is 0 Å². The van der Waals surface area contributed by atoms with Crippen LogP contribution < -0.4 is 10.6 Å². The Morgan fingerprint density at radius 1 is 0.917 bits per heavy atom. The maximum absolute atomic E-state index is 11.9. The molecule has 2 aromatic carbocycles. The van der Waals surface area contributed by atoms with Crippen LogP contribution in [0.4, 0.5) is 0 Å². The minimum absolute atomic E-state index is 0.0595. The lowest BCUT2D eigenvalue weighted by molar-refractivity contribution is -0.121. The van der Waals surface area contributed by atoms with Gasteiger partial charge in [-0.15, -0.1) is 0 Å². The maximum Gasteiger partial charge on any atom is 0.251 e. The van der Waals surface area contributed by atoms with Crippen LogP contribution in [0.2, 0.25) is 10.0 Å². The number of benzene rings is 2. The lowest BCUT2D eigenvalue weighted by Crippen LogP contribution is -2.27. The van der Waals surface area contributed by atoms with E-state index in [1.807, 2.05) is 18.2 Å². The molecule has 0 fully saturated rings. The van der Waals surface area contributed by atoms with Crippen molar-refractivity contribution in [3.8, 4) is 0 Å². The summed E-state index contributed by atoms with van der Waals surface area (Å²) in [6.45, 7) is 0.878. The minimum Gasteiger partial charge on any atom is -0.352 e. The van der Waals surface area contributed by atoms with E-state index >= 15 is 0 Å². The van der Waals surface area contributed by atoms with Crippen LogP contribution in [0.5, 0.6) is 0 Å². The predicted octanol–water partition coefficient (Wildman–Crippen LogP) is 3.82. The van der Waals surface area contributed by atoms with Crippen molar-refractivity contribution in [3.05, 3.63) is 69.7 Å². The molecule has 2 rings (SSSR count). The molecule has 0 saturated heterocycles. The third kappa shape index (κ3) is 6.22. The summed E-state index contributed by atoms with van der Waals surface area (Å²) in [4.78, 5) is 23.7. The number of hydrogen-bond donors (Lipinski definition) is 2. The number of rotatable bonds is 7. The molecule has 0 bridgehead atoms. The zero-order chi connectivity index (χ0) is 17.4. The molecule has 0 heterocycles. The van der Waals surface area contributed by atoms with E-state index < -0.39 is 0 Å². The Morgan fingerprint density at radius 3 is 2.38 bits per heavy atom. The fraction of sp³-hybridized carbons (Fsp3) is 0.222. The molecule has 6 heteroatoms. The standard InChI is InChI=1S/C18H18Cl2N2O2/c19-15-8-6-14(7-9-15)18(24)21-10-2-5-17(23)22-12-13-3-1-4-16(20)11-13/h1,3-4,6-9,11H,2,5,10,12H2,(H,21,24)(H,22,23). The van der Waals surface area contributed by atoms with Crippen LogP contribution in [0.25, 0.3) is 0 Å². The van der Waals surface area contributed by atoms with E-state index in [1.165, 1.54) is 0 Å². The van der Waals surface area contributed by atoms with Crippen molar-refractivity contribution in [3.63, 3.8) is 0 Å². The van der Waals surface area contributed by atoms with Gasteiger partial charge in [-0.3, -0.25) is 9.59 Å². The van der Waals surface area contributed by atoms with Crippen molar-refractivity contribution in [2.24, 2.45) is 0 Å². The molecule has 24 heavy (non-hydrogen) atoms. The number of halogens is 2. The average Bonchev–Trinajstić information content (AvgIpc) is 2.57. The molecule has 0 radical (unpaired) electrons. The molecule has 0 aliphatic rings. The first kappa shape index (κ1) is 18.3. The maximum atomic E-state index is 11.9. The first-order chi connectivity index (χ1) is 11.5. The molecule has 0 saturated carbocycles. The van der Waals surface area contributed by atoms with Crippen molar-refractivity contribution in [2.75, 3.05) is 6.54 Å². The highest BCUT2D eigenvalue weighted by molar-refractivity contribution is 6.30. The van der Waals surface area contributed by atoms with Gasteiger partial charge in [-0.25, -0.2) is 0 Å². The summed E-state index contributed by atoms with van der Waals surface area (Å²) in [5, 5.41) is 6.83. The first-order valence-corrected chi connectivity index (χ1v) is 8.35. The van der Waals surface area contributed by atoms with Gasteiger partial charge in [-0.1, -0.05) is 35.3 Å².